The second-order valence-corrected chi connectivity index (χ2v) is 11.6. The molecule has 0 radical (unpaired) electrons. The minimum Gasteiger partial charge on any atom is -0.462 e. The van der Waals surface area contributed by atoms with E-state index < -0.39 is 55.4 Å². The maximum Gasteiger partial charge on any atom is 0.306 e. The van der Waals surface area contributed by atoms with Gasteiger partial charge in [-0.25, -0.2) is 0 Å². The molecule has 0 aliphatic carbocycles. The molecular formula is C36H60O10. The maximum atomic E-state index is 12.6. The average molecular weight is 653 g/mol. The molecule has 0 aromatic carbocycles. The summed E-state index contributed by atoms with van der Waals surface area (Å²) in [6, 6.07) is 0. The maximum absolute atomic E-state index is 12.6. The van der Waals surface area contributed by atoms with Crippen molar-refractivity contribution in [3.63, 3.8) is 0 Å². The predicted molar refractivity (Wildman–Crippen MR) is 178 cm³/mol. The van der Waals surface area contributed by atoms with Crippen molar-refractivity contribution in [2.24, 2.45) is 0 Å². The lowest BCUT2D eigenvalue weighted by atomic mass is 9.99. The molecule has 4 N–H and O–H groups in total. The van der Waals surface area contributed by atoms with E-state index in [4.69, 9.17) is 18.9 Å². The summed E-state index contributed by atoms with van der Waals surface area (Å²) in [6.45, 7) is 3.10. The number of carbonyl (C=O) groups is 2. The molecule has 1 aliphatic heterocycles. The van der Waals surface area contributed by atoms with Gasteiger partial charge >= 0.3 is 11.9 Å². The third-order valence-electron chi connectivity index (χ3n) is 7.48. The Morgan fingerprint density at radius 2 is 1.28 bits per heavy atom. The van der Waals surface area contributed by atoms with E-state index in [2.05, 4.69) is 62.5 Å². The zero-order valence-corrected chi connectivity index (χ0v) is 28.0. The number of allylic oxidation sites excluding steroid dienone is 8. The van der Waals surface area contributed by atoms with Crippen LogP contribution in [0.1, 0.15) is 110 Å². The van der Waals surface area contributed by atoms with Crippen LogP contribution in [0.4, 0.5) is 0 Å². The van der Waals surface area contributed by atoms with E-state index in [0.29, 0.717) is 12.8 Å². The van der Waals surface area contributed by atoms with Gasteiger partial charge in [-0.2, -0.15) is 0 Å². The highest BCUT2D eigenvalue weighted by molar-refractivity contribution is 5.70. The van der Waals surface area contributed by atoms with Crippen molar-refractivity contribution in [3.05, 3.63) is 48.6 Å². The summed E-state index contributed by atoms with van der Waals surface area (Å²) in [5.74, 6) is -0.862. The zero-order valence-electron chi connectivity index (χ0n) is 28.0. The van der Waals surface area contributed by atoms with Crippen molar-refractivity contribution in [2.45, 2.75) is 147 Å². The molecule has 46 heavy (non-hydrogen) atoms. The molecule has 6 atom stereocenters. The van der Waals surface area contributed by atoms with Gasteiger partial charge in [-0.15, -0.1) is 0 Å². The van der Waals surface area contributed by atoms with Crippen molar-refractivity contribution in [2.75, 3.05) is 19.8 Å². The van der Waals surface area contributed by atoms with Crippen LogP contribution in [-0.4, -0.2) is 89.0 Å². The lowest BCUT2D eigenvalue weighted by Crippen LogP contribution is -2.59. The fraction of sp³-hybridized carbons (Fsp3) is 0.722. The Hall–Kier alpha value is -2.34. The first-order valence-electron chi connectivity index (χ1n) is 17.2. The Labute approximate surface area is 276 Å². The second-order valence-electron chi connectivity index (χ2n) is 11.6. The predicted octanol–water partition coefficient (Wildman–Crippen LogP) is 5.37. The molecule has 1 saturated heterocycles. The molecule has 10 nitrogen and oxygen atoms in total. The van der Waals surface area contributed by atoms with Crippen molar-refractivity contribution < 1.29 is 49.0 Å². The highest BCUT2D eigenvalue weighted by Gasteiger charge is 2.44. The Kier molecular flexibility index (Phi) is 25.1. The number of aliphatic hydroxyl groups excluding tert-OH is 4. The van der Waals surface area contributed by atoms with Crippen LogP contribution in [0.2, 0.25) is 0 Å². The van der Waals surface area contributed by atoms with Crippen LogP contribution in [0.25, 0.3) is 0 Å². The number of ether oxygens (including phenoxy) is 4. The van der Waals surface area contributed by atoms with Crippen LogP contribution >= 0.6 is 0 Å². The fourth-order valence-corrected chi connectivity index (χ4v) is 4.71. The van der Waals surface area contributed by atoms with Crippen LogP contribution in [0.15, 0.2) is 48.6 Å². The van der Waals surface area contributed by atoms with Gasteiger partial charge in [0, 0.05) is 12.8 Å². The first-order valence-corrected chi connectivity index (χ1v) is 17.2. The number of aliphatic hydroxyl groups is 4. The minimum atomic E-state index is -1.60. The first-order chi connectivity index (χ1) is 22.3. The number of rotatable bonds is 26. The number of esters is 2. The van der Waals surface area contributed by atoms with Crippen LogP contribution in [0.3, 0.4) is 0 Å². The fourth-order valence-electron chi connectivity index (χ4n) is 4.71. The molecule has 10 heteroatoms. The third kappa shape index (κ3) is 20.0. The molecule has 6 unspecified atom stereocenters. The van der Waals surface area contributed by atoms with Gasteiger partial charge in [-0.1, -0.05) is 94.6 Å². The molecule has 0 aromatic heterocycles. The summed E-state index contributed by atoms with van der Waals surface area (Å²) >= 11 is 0. The smallest absolute Gasteiger partial charge is 0.306 e. The quantitative estimate of drug-likeness (QED) is 0.0545. The van der Waals surface area contributed by atoms with E-state index in [1.807, 2.05) is 0 Å². The molecule has 264 valence electrons. The highest BCUT2D eigenvalue weighted by Crippen LogP contribution is 2.22. The van der Waals surface area contributed by atoms with Crippen LogP contribution < -0.4 is 0 Å². The van der Waals surface area contributed by atoms with Crippen molar-refractivity contribution >= 4 is 11.9 Å². The molecule has 0 bridgehead atoms. The number of hydrogen-bond donors (Lipinski definition) is 4. The number of carbonyl (C=O) groups excluding carboxylic acids is 2. The SMILES string of the molecule is CC/C=C\C/C=C\C/C=C\C/C=C\CCCCCCC(=O)OC(COC(=O)CCCCCC)COC1OC(CO)C(O)C(O)C1O. The van der Waals surface area contributed by atoms with Gasteiger partial charge in [0.1, 0.15) is 31.0 Å². The molecule has 1 rings (SSSR count). The van der Waals surface area contributed by atoms with E-state index >= 15 is 0 Å². The average Bonchev–Trinajstić information content (AvgIpc) is 3.05. The summed E-state index contributed by atoms with van der Waals surface area (Å²) in [6.07, 6.45) is 21.9. The molecule has 0 aromatic rings. The van der Waals surface area contributed by atoms with Crippen molar-refractivity contribution in [3.8, 4) is 0 Å². The van der Waals surface area contributed by atoms with Gasteiger partial charge < -0.3 is 39.4 Å². The normalized spacial score (nSPS) is 22.8. The van der Waals surface area contributed by atoms with Crippen molar-refractivity contribution in [1.82, 2.24) is 0 Å². The number of unbranched alkanes of at least 4 members (excludes halogenated alkanes) is 7. The minimum absolute atomic E-state index is 0.200. The monoisotopic (exact) mass is 652 g/mol. The number of hydrogen-bond acceptors (Lipinski definition) is 10. The Morgan fingerprint density at radius 3 is 1.91 bits per heavy atom. The zero-order chi connectivity index (χ0) is 33.8. The Balaban J connectivity index is 2.38. The topological polar surface area (TPSA) is 152 Å². The lowest BCUT2D eigenvalue weighted by Gasteiger charge is -2.39. The Morgan fingerprint density at radius 1 is 0.696 bits per heavy atom. The molecular weight excluding hydrogens is 592 g/mol. The molecule has 0 spiro atoms. The van der Waals surface area contributed by atoms with Gasteiger partial charge in [0.05, 0.1) is 13.2 Å². The van der Waals surface area contributed by atoms with Gasteiger partial charge in [0.15, 0.2) is 12.4 Å². The largest absolute Gasteiger partial charge is 0.462 e. The van der Waals surface area contributed by atoms with E-state index in [-0.39, 0.29) is 26.1 Å². The molecule has 1 heterocycles. The van der Waals surface area contributed by atoms with E-state index in [0.717, 1.165) is 70.6 Å². The summed E-state index contributed by atoms with van der Waals surface area (Å²) < 4.78 is 21.8. The summed E-state index contributed by atoms with van der Waals surface area (Å²) in [5.41, 5.74) is 0. The van der Waals surface area contributed by atoms with Gasteiger partial charge in [-0.05, 0) is 51.4 Å². The summed E-state index contributed by atoms with van der Waals surface area (Å²) in [7, 11) is 0. The molecule has 1 fully saturated rings. The third-order valence-corrected chi connectivity index (χ3v) is 7.48. The van der Waals surface area contributed by atoms with Gasteiger partial charge in [0.25, 0.3) is 0 Å². The van der Waals surface area contributed by atoms with Crippen LogP contribution in [0.5, 0.6) is 0 Å². The van der Waals surface area contributed by atoms with E-state index in [1.54, 1.807) is 0 Å². The molecule has 0 saturated carbocycles. The molecule has 1 aliphatic rings. The lowest BCUT2D eigenvalue weighted by molar-refractivity contribution is -0.305. The van der Waals surface area contributed by atoms with Gasteiger partial charge in [-0.3, -0.25) is 9.59 Å². The highest BCUT2D eigenvalue weighted by atomic mass is 16.7. The summed E-state index contributed by atoms with van der Waals surface area (Å²) in [5, 5.41) is 39.6. The van der Waals surface area contributed by atoms with E-state index in [9.17, 15) is 30.0 Å². The van der Waals surface area contributed by atoms with E-state index in [1.165, 1.54) is 0 Å². The Bertz CT molecular complexity index is 897. The standard InChI is InChI=1S/C36H60O10/c1-3-5-7-9-10-11-12-13-14-15-16-17-18-19-20-21-23-25-32(39)45-29(27-43-31(38)24-22-8-6-4-2)28-44-36-35(42)34(41)33(40)30(26-37)46-36/h5,7,10-11,13-14,16-17,29-30,33-37,40-42H,3-4,6,8-9,12,15,18-28H2,1-2H3/b7-5-,11-10-,14-13-,17-16-. The van der Waals surface area contributed by atoms with Crippen molar-refractivity contribution in [1.29, 1.82) is 0 Å². The first kappa shape index (κ1) is 41.7. The van der Waals surface area contributed by atoms with Gasteiger partial charge in [0.2, 0.25) is 0 Å². The van der Waals surface area contributed by atoms with Crippen LogP contribution in [0, 0.1) is 0 Å². The molecule has 0 amide bonds. The summed E-state index contributed by atoms with van der Waals surface area (Å²) in [4.78, 5) is 24.8. The van der Waals surface area contributed by atoms with Crippen LogP contribution in [-0.2, 0) is 28.5 Å². The second kappa shape index (κ2) is 27.7.